The minimum atomic E-state index is -4.40. The molecule has 0 amide bonds. The fraction of sp³-hybridized carbons (Fsp3) is 0.308. The highest BCUT2D eigenvalue weighted by Crippen LogP contribution is 2.33. The van der Waals surface area contributed by atoms with E-state index in [-0.39, 0.29) is 11.4 Å². The van der Waals surface area contributed by atoms with Gasteiger partial charge in [0.15, 0.2) is 0 Å². The van der Waals surface area contributed by atoms with Gasteiger partial charge in [-0.2, -0.15) is 18.3 Å². The standard InChI is InChI=1S/C13H14F3N3O/c1-19-10(4-6-18-19)5-7-20-12-3-2-9(8-11(12)17)13(14,15)16/h2-4,6,8H,5,7,17H2,1H3. The van der Waals surface area contributed by atoms with Crippen LogP contribution in [0.25, 0.3) is 0 Å². The number of halogens is 3. The lowest BCUT2D eigenvalue weighted by Gasteiger charge is -2.12. The van der Waals surface area contributed by atoms with Gasteiger partial charge < -0.3 is 10.5 Å². The van der Waals surface area contributed by atoms with Crippen molar-refractivity contribution in [3.63, 3.8) is 0 Å². The first-order valence-corrected chi connectivity index (χ1v) is 5.94. The molecule has 7 heteroatoms. The molecule has 0 spiro atoms. The fourth-order valence-electron chi connectivity index (χ4n) is 1.77. The van der Waals surface area contributed by atoms with Gasteiger partial charge in [-0.1, -0.05) is 0 Å². The van der Waals surface area contributed by atoms with Crippen LogP contribution in [0.5, 0.6) is 5.75 Å². The molecule has 0 saturated carbocycles. The fourth-order valence-corrected chi connectivity index (χ4v) is 1.77. The summed E-state index contributed by atoms with van der Waals surface area (Å²) in [7, 11) is 1.81. The minimum absolute atomic E-state index is 0.0233. The van der Waals surface area contributed by atoms with Gasteiger partial charge in [0.25, 0.3) is 0 Å². The Hall–Kier alpha value is -2.18. The minimum Gasteiger partial charge on any atom is -0.491 e. The first-order chi connectivity index (χ1) is 9.38. The molecule has 0 bridgehead atoms. The summed E-state index contributed by atoms with van der Waals surface area (Å²) >= 11 is 0. The second kappa shape index (κ2) is 5.44. The van der Waals surface area contributed by atoms with Crippen molar-refractivity contribution in [1.29, 1.82) is 0 Å². The molecule has 108 valence electrons. The molecule has 0 aliphatic carbocycles. The monoisotopic (exact) mass is 285 g/mol. The largest absolute Gasteiger partial charge is 0.491 e. The quantitative estimate of drug-likeness (QED) is 0.879. The number of ether oxygens (including phenoxy) is 1. The number of nitrogen functional groups attached to an aromatic ring is 1. The smallest absolute Gasteiger partial charge is 0.416 e. The van der Waals surface area contributed by atoms with Crippen molar-refractivity contribution in [2.45, 2.75) is 12.6 Å². The number of hydrogen-bond acceptors (Lipinski definition) is 3. The molecule has 2 aromatic rings. The molecule has 0 fully saturated rings. The van der Waals surface area contributed by atoms with E-state index in [1.165, 1.54) is 6.07 Å². The molecule has 0 aliphatic rings. The van der Waals surface area contributed by atoms with Gasteiger partial charge in [0.1, 0.15) is 5.75 Å². The van der Waals surface area contributed by atoms with Crippen LogP contribution < -0.4 is 10.5 Å². The molecule has 1 heterocycles. The summed E-state index contributed by atoms with van der Waals surface area (Å²) in [5, 5.41) is 4.01. The Morgan fingerprint density at radius 1 is 1.30 bits per heavy atom. The van der Waals surface area contributed by atoms with Gasteiger partial charge in [-0.25, -0.2) is 0 Å². The lowest BCUT2D eigenvalue weighted by Crippen LogP contribution is -2.09. The lowest BCUT2D eigenvalue weighted by molar-refractivity contribution is -0.137. The van der Waals surface area contributed by atoms with Crippen molar-refractivity contribution in [3.8, 4) is 5.75 Å². The average Bonchev–Trinajstić information content (AvgIpc) is 2.76. The van der Waals surface area contributed by atoms with Crippen LogP contribution in [0.15, 0.2) is 30.5 Å². The van der Waals surface area contributed by atoms with Crippen LogP contribution in [0.1, 0.15) is 11.3 Å². The third-order valence-electron chi connectivity index (χ3n) is 2.88. The summed E-state index contributed by atoms with van der Waals surface area (Å²) in [6.45, 7) is 0.315. The van der Waals surface area contributed by atoms with Gasteiger partial charge in [-0.3, -0.25) is 4.68 Å². The number of nitrogens with two attached hydrogens (primary N) is 1. The Bertz CT molecular complexity index is 593. The Kier molecular flexibility index (Phi) is 3.87. The molecular weight excluding hydrogens is 271 g/mol. The van der Waals surface area contributed by atoms with Crippen molar-refractivity contribution in [2.75, 3.05) is 12.3 Å². The summed E-state index contributed by atoms with van der Waals surface area (Å²) < 4.78 is 44.5. The van der Waals surface area contributed by atoms with Gasteiger partial charge in [0.2, 0.25) is 0 Å². The molecule has 1 aromatic carbocycles. The van der Waals surface area contributed by atoms with Gasteiger partial charge in [-0.15, -0.1) is 0 Å². The summed E-state index contributed by atoms with van der Waals surface area (Å²) in [5.41, 5.74) is 5.73. The number of nitrogens with zero attached hydrogens (tertiary/aromatic N) is 2. The van der Waals surface area contributed by atoms with E-state index in [0.717, 1.165) is 17.8 Å². The summed E-state index contributed by atoms with van der Waals surface area (Å²) in [6.07, 6.45) is -2.14. The van der Waals surface area contributed by atoms with Crippen molar-refractivity contribution in [2.24, 2.45) is 7.05 Å². The van der Waals surface area contributed by atoms with Crippen LogP contribution in [0, 0.1) is 0 Å². The second-order valence-electron chi connectivity index (χ2n) is 4.29. The molecule has 2 N–H and O–H groups in total. The zero-order chi connectivity index (χ0) is 14.8. The van der Waals surface area contributed by atoms with Crippen LogP contribution in [-0.4, -0.2) is 16.4 Å². The van der Waals surface area contributed by atoms with Crippen LogP contribution >= 0.6 is 0 Å². The Morgan fingerprint density at radius 2 is 2.05 bits per heavy atom. The van der Waals surface area contributed by atoms with E-state index in [2.05, 4.69) is 5.10 Å². The molecule has 1 aromatic heterocycles. The van der Waals surface area contributed by atoms with Gasteiger partial charge in [0.05, 0.1) is 17.9 Å². The number of anilines is 1. The average molecular weight is 285 g/mol. The first kappa shape index (κ1) is 14.2. The molecule has 2 rings (SSSR count). The molecule has 0 aliphatic heterocycles. The SMILES string of the molecule is Cn1nccc1CCOc1ccc(C(F)(F)F)cc1N. The Morgan fingerprint density at radius 3 is 2.60 bits per heavy atom. The van der Waals surface area contributed by atoms with E-state index in [4.69, 9.17) is 10.5 Å². The summed E-state index contributed by atoms with van der Waals surface area (Å²) in [4.78, 5) is 0. The predicted molar refractivity (Wildman–Crippen MR) is 68.3 cm³/mol. The van der Waals surface area contributed by atoms with Crippen LogP contribution in [0.3, 0.4) is 0 Å². The van der Waals surface area contributed by atoms with Gasteiger partial charge in [-0.05, 0) is 24.3 Å². The van der Waals surface area contributed by atoms with Crippen LogP contribution in [-0.2, 0) is 19.6 Å². The number of alkyl halides is 3. The maximum absolute atomic E-state index is 12.5. The maximum atomic E-state index is 12.5. The topological polar surface area (TPSA) is 53.1 Å². The highest BCUT2D eigenvalue weighted by Gasteiger charge is 2.30. The van der Waals surface area contributed by atoms with Gasteiger partial charge in [0, 0.05) is 25.4 Å². The van der Waals surface area contributed by atoms with E-state index < -0.39 is 11.7 Å². The third kappa shape index (κ3) is 3.23. The van der Waals surface area contributed by atoms with Crippen molar-refractivity contribution < 1.29 is 17.9 Å². The zero-order valence-electron chi connectivity index (χ0n) is 10.8. The molecule has 0 unspecified atom stereocenters. The molecule has 0 saturated heterocycles. The number of aromatic nitrogens is 2. The van der Waals surface area contributed by atoms with E-state index in [1.807, 2.05) is 13.1 Å². The summed E-state index contributed by atoms with van der Waals surface area (Å²) in [6, 6.07) is 4.91. The maximum Gasteiger partial charge on any atom is 0.416 e. The van der Waals surface area contributed by atoms with E-state index in [0.29, 0.717) is 13.0 Å². The number of hydrogen-bond donors (Lipinski definition) is 1. The third-order valence-corrected chi connectivity index (χ3v) is 2.88. The molecule has 4 nitrogen and oxygen atoms in total. The number of rotatable bonds is 4. The van der Waals surface area contributed by atoms with Crippen LogP contribution in [0.4, 0.5) is 18.9 Å². The highest BCUT2D eigenvalue weighted by molar-refractivity contribution is 5.54. The molecular formula is C13H14F3N3O. The van der Waals surface area contributed by atoms with Gasteiger partial charge >= 0.3 is 6.18 Å². The molecule has 0 atom stereocenters. The molecule has 20 heavy (non-hydrogen) atoms. The number of aryl methyl sites for hydroxylation is 1. The van der Waals surface area contributed by atoms with E-state index in [1.54, 1.807) is 10.9 Å². The zero-order valence-corrected chi connectivity index (χ0v) is 10.8. The van der Waals surface area contributed by atoms with E-state index in [9.17, 15) is 13.2 Å². The van der Waals surface area contributed by atoms with Crippen LogP contribution in [0.2, 0.25) is 0 Å². The normalized spacial score (nSPS) is 11.6. The Balaban J connectivity index is 1.98. The predicted octanol–water partition coefficient (Wildman–Crippen LogP) is 2.64. The highest BCUT2D eigenvalue weighted by atomic mass is 19.4. The lowest BCUT2D eigenvalue weighted by atomic mass is 10.2. The number of benzene rings is 1. The van der Waals surface area contributed by atoms with Crippen molar-refractivity contribution >= 4 is 5.69 Å². The Labute approximate surface area is 114 Å². The second-order valence-corrected chi connectivity index (χ2v) is 4.29. The van der Waals surface area contributed by atoms with Crippen molar-refractivity contribution in [3.05, 3.63) is 41.7 Å². The first-order valence-electron chi connectivity index (χ1n) is 5.94. The van der Waals surface area contributed by atoms with Crippen molar-refractivity contribution in [1.82, 2.24) is 9.78 Å². The van der Waals surface area contributed by atoms with E-state index >= 15 is 0 Å². The molecule has 0 radical (unpaired) electrons. The summed E-state index contributed by atoms with van der Waals surface area (Å²) in [5.74, 6) is 0.250.